The summed E-state index contributed by atoms with van der Waals surface area (Å²) in [7, 11) is 0. The molecule has 2 aromatic rings. The quantitative estimate of drug-likeness (QED) is 0.764. The Labute approximate surface area is 128 Å². The third-order valence-electron chi connectivity index (χ3n) is 3.10. The molecule has 0 amide bonds. The average Bonchev–Trinajstić information content (AvgIpc) is 2.33. The van der Waals surface area contributed by atoms with Crippen LogP contribution < -0.4 is 0 Å². The molecule has 0 radical (unpaired) electrons. The zero-order valence-corrected chi connectivity index (χ0v) is 13.7. The fourth-order valence-corrected chi connectivity index (χ4v) is 2.78. The summed E-state index contributed by atoms with van der Waals surface area (Å²) < 4.78 is 15.5. The van der Waals surface area contributed by atoms with E-state index in [-0.39, 0.29) is 5.56 Å². The standard InChI is InChI=1S/C15H13Br2FO/c1-8-6-13(17)9(2)5-12(8)15(19)11-4-3-10(16)7-14(11)18/h3-7,15,19H,1-2H3. The van der Waals surface area contributed by atoms with Gasteiger partial charge in [-0.25, -0.2) is 4.39 Å². The zero-order chi connectivity index (χ0) is 14.2. The molecule has 0 heterocycles. The summed E-state index contributed by atoms with van der Waals surface area (Å²) in [5.74, 6) is -0.415. The van der Waals surface area contributed by atoms with Gasteiger partial charge < -0.3 is 5.11 Å². The third kappa shape index (κ3) is 3.07. The SMILES string of the molecule is Cc1cc(C(O)c2ccc(Br)cc2F)c(C)cc1Br. The molecule has 0 spiro atoms. The number of hydrogen-bond acceptors (Lipinski definition) is 1. The van der Waals surface area contributed by atoms with Crippen molar-refractivity contribution in [2.24, 2.45) is 0 Å². The molecule has 1 atom stereocenters. The molecular formula is C15H13Br2FO. The lowest BCUT2D eigenvalue weighted by molar-refractivity contribution is 0.214. The van der Waals surface area contributed by atoms with E-state index in [1.165, 1.54) is 6.07 Å². The Morgan fingerprint density at radius 1 is 1.00 bits per heavy atom. The number of aliphatic hydroxyl groups excluding tert-OH is 1. The van der Waals surface area contributed by atoms with E-state index in [1.54, 1.807) is 12.1 Å². The topological polar surface area (TPSA) is 20.2 Å². The predicted octanol–water partition coefficient (Wildman–Crippen LogP) is 5.05. The Kier molecular flexibility index (Phi) is 4.43. The summed E-state index contributed by atoms with van der Waals surface area (Å²) in [5.41, 5.74) is 2.94. The Hall–Kier alpha value is -0.710. The molecule has 0 fully saturated rings. The Morgan fingerprint density at radius 3 is 2.32 bits per heavy atom. The molecule has 0 saturated heterocycles. The van der Waals surface area contributed by atoms with Gasteiger partial charge in [0.15, 0.2) is 0 Å². The van der Waals surface area contributed by atoms with Crippen LogP contribution in [-0.2, 0) is 0 Å². The first-order valence-corrected chi connectivity index (χ1v) is 7.38. The molecule has 0 aliphatic rings. The van der Waals surface area contributed by atoms with E-state index in [4.69, 9.17) is 0 Å². The molecule has 2 aromatic carbocycles. The average molecular weight is 388 g/mol. The maximum atomic E-state index is 13.9. The highest BCUT2D eigenvalue weighted by Crippen LogP contribution is 2.31. The summed E-state index contributed by atoms with van der Waals surface area (Å²) in [6.45, 7) is 3.84. The van der Waals surface area contributed by atoms with Gasteiger partial charge in [0.25, 0.3) is 0 Å². The summed E-state index contributed by atoms with van der Waals surface area (Å²) in [6, 6.07) is 8.50. The van der Waals surface area contributed by atoms with Crippen LogP contribution in [0.15, 0.2) is 39.3 Å². The lowest BCUT2D eigenvalue weighted by Crippen LogP contribution is -2.05. The molecular weight excluding hydrogens is 375 g/mol. The van der Waals surface area contributed by atoms with Crippen LogP contribution in [-0.4, -0.2) is 5.11 Å². The van der Waals surface area contributed by atoms with E-state index in [1.807, 2.05) is 26.0 Å². The van der Waals surface area contributed by atoms with Gasteiger partial charge in [0, 0.05) is 14.5 Å². The molecule has 1 nitrogen and oxygen atoms in total. The van der Waals surface area contributed by atoms with E-state index in [2.05, 4.69) is 31.9 Å². The van der Waals surface area contributed by atoms with E-state index < -0.39 is 11.9 Å². The van der Waals surface area contributed by atoms with Crippen LogP contribution in [0.4, 0.5) is 4.39 Å². The number of rotatable bonds is 2. The maximum absolute atomic E-state index is 13.9. The molecule has 2 rings (SSSR count). The lowest BCUT2D eigenvalue weighted by Gasteiger charge is -2.16. The van der Waals surface area contributed by atoms with Crippen molar-refractivity contribution < 1.29 is 9.50 Å². The fourth-order valence-electron chi connectivity index (χ4n) is 1.99. The van der Waals surface area contributed by atoms with Crippen LogP contribution in [0.25, 0.3) is 0 Å². The van der Waals surface area contributed by atoms with Crippen LogP contribution in [0.2, 0.25) is 0 Å². The van der Waals surface area contributed by atoms with Gasteiger partial charge in [-0.15, -0.1) is 0 Å². The van der Waals surface area contributed by atoms with Crippen LogP contribution in [0.3, 0.4) is 0 Å². The molecule has 0 saturated carbocycles. The Morgan fingerprint density at radius 2 is 1.68 bits per heavy atom. The van der Waals surface area contributed by atoms with Gasteiger partial charge in [-0.2, -0.15) is 0 Å². The van der Waals surface area contributed by atoms with Crippen LogP contribution in [0, 0.1) is 19.7 Å². The predicted molar refractivity (Wildman–Crippen MR) is 81.8 cm³/mol. The molecule has 0 aromatic heterocycles. The lowest BCUT2D eigenvalue weighted by atomic mass is 9.95. The van der Waals surface area contributed by atoms with Crippen molar-refractivity contribution in [3.05, 3.63) is 67.3 Å². The minimum atomic E-state index is -0.958. The van der Waals surface area contributed by atoms with Gasteiger partial charge in [0.1, 0.15) is 11.9 Å². The largest absolute Gasteiger partial charge is 0.384 e. The van der Waals surface area contributed by atoms with E-state index in [9.17, 15) is 9.50 Å². The summed E-state index contributed by atoms with van der Waals surface area (Å²) in [5, 5.41) is 10.4. The molecule has 0 aliphatic carbocycles. The molecule has 1 unspecified atom stereocenters. The van der Waals surface area contributed by atoms with Gasteiger partial charge in [-0.3, -0.25) is 0 Å². The van der Waals surface area contributed by atoms with Crippen molar-refractivity contribution in [1.29, 1.82) is 0 Å². The number of halogens is 3. The first-order chi connectivity index (χ1) is 8.90. The number of aliphatic hydroxyl groups is 1. The van der Waals surface area contributed by atoms with E-state index in [0.717, 1.165) is 21.2 Å². The first-order valence-electron chi connectivity index (χ1n) is 5.80. The van der Waals surface area contributed by atoms with Crippen molar-refractivity contribution in [2.75, 3.05) is 0 Å². The Bertz CT molecular complexity index is 626. The van der Waals surface area contributed by atoms with Crippen LogP contribution >= 0.6 is 31.9 Å². The van der Waals surface area contributed by atoms with Crippen molar-refractivity contribution in [3.8, 4) is 0 Å². The van der Waals surface area contributed by atoms with Gasteiger partial charge >= 0.3 is 0 Å². The first kappa shape index (κ1) is 14.7. The maximum Gasteiger partial charge on any atom is 0.130 e. The van der Waals surface area contributed by atoms with Gasteiger partial charge in [-0.05, 0) is 48.7 Å². The normalized spacial score (nSPS) is 12.5. The van der Waals surface area contributed by atoms with Crippen molar-refractivity contribution in [1.82, 2.24) is 0 Å². The molecule has 100 valence electrons. The summed E-state index contributed by atoms with van der Waals surface area (Å²) in [6.07, 6.45) is -0.958. The van der Waals surface area contributed by atoms with Gasteiger partial charge in [-0.1, -0.05) is 44.0 Å². The zero-order valence-electron chi connectivity index (χ0n) is 10.5. The highest BCUT2D eigenvalue weighted by atomic mass is 79.9. The highest BCUT2D eigenvalue weighted by Gasteiger charge is 2.18. The number of benzene rings is 2. The van der Waals surface area contributed by atoms with Crippen molar-refractivity contribution >= 4 is 31.9 Å². The molecule has 1 N–H and O–H groups in total. The van der Waals surface area contributed by atoms with Crippen LogP contribution in [0.1, 0.15) is 28.4 Å². The second-order valence-electron chi connectivity index (χ2n) is 4.53. The van der Waals surface area contributed by atoms with Gasteiger partial charge in [0.05, 0.1) is 0 Å². The van der Waals surface area contributed by atoms with E-state index in [0.29, 0.717) is 4.47 Å². The molecule has 19 heavy (non-hydrogen) atoms. The number of hydrogen-bond donors (Lipinski definition) is 1. The minimum Gasteiger partial charge on any atom is -0.384 e. The third-order valence-corrected chi connectivity index (χ3v) is 4.45. The molecule has 0 bridgehead atoms. The molecule has 4 heteroatoms. The monoisotopic (exact) mass is 386 g/mol. The van der Waals surface area contributed by atoms with Gasteiger partial charge in [0.2, 0.25) is 0 Å². The number of aryl methyl sites for hydroxylation is 2. The summed E-state index contributed by atoms with van der Waals surface area (Å²) >= 11 is 6.66. The second kappa shape index (κ2) is 5.73. The van der Waals surface area contributed by atoms with E-state index >= 15 is 0 Å². The Balaban J connectivity index is 2.49. The highest BCUT2D eigenvalue weighted by molar-refractivity contribution is 9.10. The molecule has 0 aliphatic heterocycles. The second-order valence-corrected chi connectivity index (χ2v) is 6.30. The van der Waals surface area contributed by atoms with Crippen molar-refractivity contribution in [3.63, 3.8) is 0 Å². The smallest absolute Gasteiger partial charge is 0.130 e. The fraction of sp³-hybridized carbons (Fsp3) is 0.200. The summed E-state index contributed by atoms with van der Waals surface area (Å²) in [4.78, 5) is 0. The van der Waals surface area contributed by atoms with Crippen LogP contribution in [0.5, 0.6) is 0 Å². The van der Waals surface area contributed by atoms with Crippen molar-refractivity contribution in [2.45, 2.75) is 20.0 Å². The minimum absolute atomic E-state index is 0.285.